The first-order valence-corrected chi connectivity index (χ1v) is 7.06. The average molecular weight is 297 g/mol. The van der Waals surface area contributed by atoms with Crippen LogP contribution in [0.15, 0.2) is 48.4 Å². The summed E-state index contributed by atoms with van der Waals surface area (Å²) in [5, 5.41) is 10.0. The predicted molar refractivity (Wildman–Crippen MR) is 85.0 cm³/mol. The lowest BCUT2D eigenvalue weighted by Gasteiger charge is -2.18. The zero-order chi connectivity index (χ0) is 16.1. The Bertz CT molecular complexity index is 688. The number of rotatable bonds is 5. The number of aryl methyl sites for hydroxylation is 2. The van der Waals surface area contributed by atoms with E-state index in [1.807, 2.05) is 50.2 Å². The minimum atomic E-state index is -0.916. The molecule has 0 radical (unpaired) electrons. The maximum absolute atomic E-state index is 10.8. The molecular formula is C18H19NO3. The highest BCUT2D eigenvalue weighted by molar-refractivity contribution is 5.83. The third kappa shape index (κ3) is 3.40. The summed E-state index contributed by atoms with van der Waals surface area (Å²) >= 11 is 0. The van der Waals surface area contributed by atoms with Gasteiger partial charge in [0.25, 0.3) is 6.47 Å². The van der Waals surface area contributed by atoms with Crippen molar-refractivity contribution < 1.29 is 14.6 Å². The molecule has 4 heteroatoms. The quantitative estimate of drug-likeness (QED) is 0.681. The van der Waals surface area contributed by atoms with Crippen LogP contribution in [0, 0.1) is 13.8 Å². The molecule has 2 aromatic rings. The highest BCUT2D eigenvalue weighted by Crippen LogP contribution is 2.30. The Morgan fingerprint density at radius 1 is 1.23 bits per heavy atom. The van der Waals surface area contributed by atoms with Crippen molar-refractivity contribution in [1.82, 2.24) is 4.98 Å². The molecule has 1 unspecified atom stereocenters. The molecule has 1 heterocycles. The number of aliphatic hydroxyl groups excluding tert-OH is 1. The van der Waals surface area contributed by atoms with E-state index in [0.29, 0.717) is 12.0 Å². The first-order valence-electron chi connectivity index (χ1n) is 7.06. The van der Waals surface area contributed by atoms with E-state index in [-0.39, 0.29) is 5.76 Å². The summed E-state index contributed by atoms with van der Waals surface area (Å²) in [6.45, 7) is 5.77. The maximum Gasteiger partial charge on any atom is 0.298 e. The van der Waals surface area contributed by atoms with Gasteiger partial charge in [0.2, 0.25) is 0 Å². The normalized spacial score (nSPS) is 13.3. The molecular weight excluding hydrogens is 278 g/mol. The third-order valence-electron chi connectivity index (χ3n) is 3.42. The summed E-state index contributed by atoms with van der Waals surface area (Å²) in [5.74, 6) is 0.218. The summed E-state index contributed by atoms with van der Waals surface area (Å²) < 4.78 is 5.08. The second-order valence-corrected chi connectivity index (χ2v) is 5.13. The molecule has 0 spiro atoms. The monoisotopic (exact) mass is 297 g/mol. The van der Waals surface area contributed by atoms with E-state index >= 15 is 0 Å². The molecule has 1 aromatic heterocycles. The van der Waals surface area contributed by atoms with Gasteiger partial charge in [-0.3, -0.25) is 9.78 Å². The van der Waals surface area contributed by atoms with Crippen molar-refractivity contribution in [1.29, 1.82) is 0 Å². The smallest absolute Gasteiger partial charge is 0.298 e. The molecule has 114 valence electrons. The molecule has 2 rings (SSSR count). The van der Waals surface area contributed by atoms with E-state index in [9.17, 15) is 9.90 Å². The SMILES string of the molecule is Cc1ccc(/C(=C(/OC=O)C(C)O)c2ccccc2C)cn1. The van der Waals surface area contributed by atoms with Crippen molar-refractivity contribution in [2.24, 2.45) is 0 Å². The van der Waals surface area contributed by atoms with Crippen molar-refractivity contribution >= 4 is 12.0 Å². The minimum Gasteiger partial charge on any atom is -0.430 e. The van der Waals surface area contributed by atoms with E-state index in [4.69, 9.17) is 4.74 Å². The molecule has 0 bridgehead atoms. The lowest BCUT2D eigenvalue weighted by Crippen LogP contribution is -2.12. The fourth-order valence-electron chi connectivity index (χ4n) is 2.32. The van der Waals surface area contributed by atoms with Crippen molar-refractivity contribution in [3.63, 3.8) is 0 Å². The molecule has 4 nitrogen and oxygen atoms in total. The number of carbonyl (C=O) groups is 1. The number of aromatic nitrogens is 1. The van der Waals surface area contributed by atoms with Gasteiger partial charge in [-0.05, 0) is 38.0 Å². The lowest BCUT2D eigenvalue weighted by atomic mass is 9.93. The highest BCUT2D eigenvalue weighted by Gasteiger charge is 2.19. The summed E-state index contributed by atoms with van der Waals surface area (Å²) in [6, 6.07) is 11.5. The van der Waals surface area contributed by atoms with Gasteiger partial charge in [0.1, 0.15) is 11.9 Å². The van der Waals surface area contributed by atoms with Crippen LogP contribution in [0.1, 0.15) is 29.3 Å². The molecule has 0 saturated heterocycles. The number of aliphatic hydroxyl groups is 1. The van der Waals surface area contributed by atoms with Crippen molar-refractivity contribution in [2.75, 3.05) is 0 Å². The van der Waals surface area contributed by atoms with Gasteiger partial charge in [-0.15, -0.1) is 0 Å². The molecule has 0 aliphatic rings. The zero-order valence-electron chi connectivity index (χ0n) is 12.9. The fraction of sp³-hybridized carbons (Fsp3) is 0.222. The molecule has 0 aliphatic carbocycles. The number of benzene rings is 1. The molecule has 0 fully saturated rings. The fourth-order valence-corrected chi connectivity index (χ4v) is 2.32. The summed E-state index contributed by atoms with van der Waals surface area (Å²) in [4.78, 5) is 15.1. The van der Waals surface area contributed by atoms with Gasteiger partial charge in [-0.1, -0.05) is 30.3 Å². The first-order chi connectivity index (χ1) is 10.5. The minimum absolute atomic E-state index is 0.218. The first kappa shape index (κ1) is 15.9. The van der Waals surface area contributed by atoms with Crippen LogP contribution in [0.5, 0.6) is 0 Å². The second kappa shape index (κ2) is 7.00. The number of nitrogens with zero attached hydrogens (tertiary/aromatic N) is 1. The van der Waals surface area contributed by atoms with Crippen molar-refractivity contribution in [3.8, 4) is 0 Å². The van der Waals surface area contributed by atoms with Crippen LogP contribution in [-0.4, -0.2) is 22.7 Å². The molecule has 0 aliphatic heterocycles. The van der Waals surface area contributed by atoms with Gasteiger partial charge in [0.05, 0.1) is 0 Å². The van der Waals surface area contributed by atoms with E-state index in [0.717, 1.165) is 22.4 Å². The van der Waals surface area contributed by atoms with Gasteiger partial charge in [0.15, 0.2) is 0 Å². The Balaban J connectivity index is 2.74. The van der Waals surface area contributed by atoms with Gasteiger partial charge in [0, 0.05) is 23.0 Å². The topological polar surface area (TPSA) is 59.4 Å². The average Bonchev–Trinajstić information content (AvgIpc) is 2.50. The number of ether oxygens (including phenoxy) is 1. The Morgan fingerprint density at radius 3 is 2.50 bits per heavy atom. The van der Waals surface area contributed by atoms with Crippen LogP contribution >= 0.6 is 0 Å². The van der Waals surface area contributed by atoms with Crippen LogP contribution in [0.25, 0.3) is 5.57 Å². The third-order valence-corrected chi connectivity index (χ3v) is 3.42. The highest BCUT2D eigenvalue weighted by atomic mass is 16.5. The predicted octanol–water partition coefficient (Wildman–Crippen LogP) is 3.01. The molecule has 0 saturated carbocycles. The number of hydrogen-bond donors (Lipinski definition) is 1. The van der Waals surface area contributed by atoms with E-state index < -0.39 is 6.10 Å². The van der Waals surface area contributed by atoms with Crippen molar-refractivity contribution in [2.45, 2.75) is 26.9 Å². The van der Waals surface area contributed by atoms with E-state index in [2.05, 4.69) is 4.98 Å². The van der Waals surface area contributed by atoms with Crippen LogP contribution in [0.3, 0.4) is 0 Å². The maximum atomic E-state index is 10.8. The molecule has 1 aromatic carbocycles. The Kier molecular flexibility index (Phi) is 5.07. The lowest BCUT2D eigenvalue weighted by molar-refractivity contribution is -0.126. The summed E-state index contributed by atoms with van der Waals surface area (Å²) in [7, 11) is 0. The Labute approximate surface area is 130 Å². The van der Waals surface area contributed by atoms with Crippen molar-refractivity contribution in [3.05, 3.63) is 70.7 Å². The van der Waals surface area contributed by atoms with Gasteiger partial charge < -0.3 is 9.84 Å². The van der Waals surface area contributed by atoms with E-state index in [1.54, 1.807) is 13.1 Å². The number of carbonyl (C=O) groups excluding carboxylic acids is 1. The van der Waals surface area contributed by atoms with Crippen LogP contribution in [0.4, 0.5) is 0 Å². The Hall–Kier alpha value is -2.46. The van der Waals surface area contributed by atoms with Crippen LogP contribution < -0.4 is 0 Å². The van der Waals surface area contributed by atoms with Gasteiger partial charge in [-0.2, -0.15) is 0 Å². The molecule has 22 heavy (non-hydrogen) atoms. The van der Waals surface area contributed by atoms with Crippen LogP contribution in [-0.2, 0) is 9.53 Å². The standard InChI is InChI=1S/C18H19NO3/c1-12-6-4-5-7-16(12)17(18(14(3)21)22-11-20)15-9-8-13(2)19-10-15/h4-11,14,21H,1-3H3/b18-17-. The van der Waals surface area contributed by atoms with Crippen LogP contribution in [0.2, 0.25) is 0 Å². The summed E-state index contributed by atoms with van der Waals surface area (Å²) in [5.41, 5.74) is 4.27. The number of hydrogen-bond acceptors (Lipinski definition) is 4. The number of pyridine rings is 1. The van der Waals surface area contributed by atoms with Gasteiger partial charge >= 0.3 is 0 Å². The van der Waals surface area contributed by atoms with Gasteiger partial charge in [-0.25, -0.2) is 0 Å². The molecule has 1 atom stereocenters. The zero-order valence-corrected chi connectivity index (χ0v) is 12.9. The molecule has 1 N–H and O–H groups in total. The summed E-state index contributed by atoms with van der Waals surface area (Å²) in [6.07, 6.45) is 0.800. The second-order valence-electron chi connectivity index (χ2n) is 5.13. The molecule has 0 amide bonds. The van der Waals surface area contributed by atoms with E-state index in [1.165, 1.54) is 0 Å². The largest absolute Gasteiger partial charge is 0.430 e. The Morgan fingerprint density at radius 2 is 1.95 bits per heavy atom.